The van der Waals surface area contributed by atoms with Gasteiger partial charge in [-0.1, -0.05) is 0 Å². The first-order valence-electron chi connectivity index (χ1n) is 11.0. The van der Waals surface area contributed by atoms with Crippen molar-refractivity contribution in [1.82, 2.24) is 15.5 Å². The number of rotatable bonds is 11. The zero-order valence-corrected chi connectivity index (χ0v) is 21.8. The Morgan fingerprint density at radius 3 is 2.50 bits per heavy atom. The van der Waals surface area contributed by atoms with Crippen molar-refractivity contribution in [3.63, 3.8) is 0 Å². The van der Waals surface area contributed by atoms with E-state index in [1.54, 1.807) is 4.90 Å². The second-order valence-corrected chi connectivity index (χ2v) is 8.23. The van der Waals surface area contributed by atoms with Crippen LogP contribution < -0.4 is 10.6 Å². The number of ether oxygens (including phenoxy) is 3. The van der Waals surface area contributed by atoms with Crippen LogP contribution in [-0.4, -0.2) is 81.7 Å². The molecule has 1 aliphatic heterocycles. The number of likely N-dealkylation sites (N-methyl/N-ethyl adjacent to an activating group) is 1. The highest BCUT2D eigenvalue weighted by Crippen LogP contribution is 2.14. The molecule has 9 heteroatoms. The van der Waals surface area contributed by atoms with Crippen molar-refractivity contribution in [2.45, 2.75) is 59.5 Å². The van der Waals surface area contributed by atoms with Gasteiger partial charge in [0.15, 0.2) is 5.96 Å². The fourth-order valence-electron chi connectivity index (χ4n) is 2.88. The topological polar surface area (TPSA) is 84.4 Å². The van der Waals surface area contributed by atoms with Gasteiger partial charge in [-0.3, -0.25) is 4.99 Å². The fraction of sp³-hybridized carbons (Fsp3) is 0.905. The molecule has 0 radical (unpaired) electrons. The predicted molar refractivity (Wildman–Crippen MR) is 132 cm³/mol. The summed E-state index contributed by atoms with van der Waals surface area (Å²) in [6.45, 7) is 16.1. The lowest BCUT2D eigenvalue weighted by Gasteiger charge is -2.26. The van der Waals surface area contributed by atoms with Crippen LogP contribution in [0.2, 0.25) is 0 Å². The summed E-state index contributed by atoms with van der Waals surface area (Å²) in [5, 5.41) is 6.51. The molecule has 0 aromatic heterocycles. The lowest BCUT2D eigenvalue weighted by Crippen LogP contribution is -2.44. The minimum atomic E-state index is -0.485. The highest BCUT2D eigenvalue weighted by molar-refractivity contribution is 14.0. The van der Waals surface area contributed by atoms with E-state index in [0.717, 1.165) is 58.2 Å². The Balaban J connectivity index is 0.00000841. The van der Waals surface area contributed by atoms with Gasteiger partial charge in [0.1, 0.15) is 5.60 Å². The van der Waals surface area contributed by atoms with Gasteiger partial charge in [-0.25, -0.2) is 4.79 Å². The Bertz CT molecular complexity index is 480. The number of nitrogens with zero attached hydrogens (tertiary/aromatic N) is 2. The lowest BCUT2D eigenvalue weighted by molar-refractivity contribution is 0.0205. The molecule has 1 amide bonds. The average molecular weight is 543 g/mol. The van der Waals surface area contributed by atoms with E-state index in [-0.39, 0.29) is 30.1 Å². The van der Waals surface area contributed by atoms with Crippen molar-refractivity contribution in [3.05, 3.63) is 0 Å². The molecule has 1 aliphatic rings. The Labute approximate surface area is 199 Å². The minimum absolute atomic E-state index is 0. The zero-order chi connectivity index (χ0) is 21.5. The van der Waals surface area contributed by atoms with Crippen LogP contribution >= 0.6 is 24.0 Å². The highest BCUT2D eigenvalue weighted by atomic mass is 127. The molecule has 0 aromatic carbocycles. The van der Waals surface area contributed by atoms with Crippen molar-refractivity contribution in [3.8, 4) is 0 Å². The number of hydrogen-bond acceptors (Lipinski definition) is 5. The van der Waals surface area contributed by atoms with Crippen LogP contribution in [0.15, 0.2) is 4.99 Å². The number of amides is 1. The van der Waals surface area contributed by atoms with Gasteiger partial charge in [0, 0.05) is 59.2 Å². The van der Waals surface area contributed by atoms with Gasteiger partial charge in [-0.15, -0.1) is 24.0 Å². The first kappa shape index (κ1) is 29.2. The van der Waals surface area contributed by atoms with Crippen molar-refractivity contribution < 1.29 is 19.0 Å². The van der Waals surface area contributed by atoms with Crippen LogP contribution in [-0.2, 0) is 14.2 Å². The van der Waals surface area contributed by atoms with Gasteiger partial charge in [-0.2, -0.15) is 0 Å². The fourth-order valence-corrected chi connectivity index (χ4v) is 2.88. The van der Waals surface area contributed by atoms with Crippen molar-refractivity contribution >= 4 is 36.0 Å². The summed E-state index contributed by atoms with van der Waals surface area (Å²) in [5.41, 5.74) is -0.485. The maximum atomic E-state index is 12.2. The number of aliphatic imine (C=N–C) groups is 1. The minimum Gasteiger partial charge on any atom is -0.444 e. The molecular weight excluding hydrogens is 499 g/mol. The summed E-state index contributed by atoms with van der Waals surface area (Å²) in [7, 11) is 0. The third kappa shape index (κ3) is 14.2. The maximum Gasteiger partial charge on any atom is 0.410 e. The van der Waals surface area contributed by atoms with E-state index in [1.165, 1.54) is 0 Å². The number of nitrogens with one attached hydrogen (secondary N) is 2. The molecule has 1 fully saturated rings. The van der Waals surface area contributed by atoms with Gasteiger partial charge in [0.2, 0.25) is 0 Å². The molecule has 30 heavy (non-hydrogen) atoms. The third-order valence-electron chi connectivity index (χ3n) is 4.46. The SMILES string of the molecule is CCNC(=NCCCOCC1CCOCC1)NCCN(CC)C(=O)OC(C)(C)C.I. The predicted octanol–water partition coefficient (Wildman–Crippen LogP) is 3.25. The van der Waals surface area contributed by atoms with Gasteiger partial charge in [0.05, 0.1) is 0 Å². The summed E-state index contributed by atoms with van der Waals surface area (Å²) < 4.78 is 16.6. The summed E-state index contributed by atoms with van der Waals surface area (Å²) in [6.07, 6.45) is 2.80. The van der Waals surface area contributed by atoms with E-state index < -0.39 is 5.60 Å². The van der Waals surface area contributed by atoms with E-state index in [9.17, 15) is 4.79 Å². The molecule has 0 unspecified atom stereocenters. The normalized spacial score (nSPS) is 15.3. The largest absolute Gasteiger partial charge is 0.444 e. The second kappa shape index (κ2) is 16.8. The Morgan fingerprint density at radius 2 is 1.90 bits per heavy atom. The summed E-state index contributed by atoms with van der Waals surface area (Å²) in [5.74, 6) is 1.40. The van der Waals surface area contributed by atoms with Crippen LogP contribution in [0.25, 0.3) is 0 Å². The Morgan fingerprint density at radius 1 is 1.20 bits per heavy atom. The van der Waals surface area contributed by atoms with E-state index in [1.807, 2.05) is 34.6 Å². The molecule has 0 aliphatic carbocycles. The molecule has 1 saturated heterocycles. The van der Waals surface area contributed by atoms with E-state index in [2.05, 4.69) is 15.6 Å². The maximum absolute atomic E-state index is 12.2. The molecule has 0 saturated carbocycles. The van der Waals surface area contributed by atoms with Crippen molar-refractivity contribution in [2.75, 3.05) is 59.2 Å². The summed E-state index contributed by atoms with van der Waals surface area (Å²) in [4.78, 5) is 18.5. The zero-order valence-electron chi connectivity index (χ0n) is 19.5. The lowest BCUT2D eigenvalue weighted by atomic mass is 10.0. The van der Waals surface area contributed by atoms with Crippen molar-refractivity contribution in [2.24, 2.45) is 10.9 Å². The second-order valence-electron chi connectivity index (χ2n) is 8.23. The van der Waals surface area contributed by atoms with Crippen LogP contribution in [0.4, 0.5) is 4.79 Å². The first-order valence-corrected chi connectivity index (χ1v) is 11.0. The molecule has 1 rings (SSSR count). The number of carbonyl (C=O) groups is 1. The molecule has 0 spiro atoms. The van der Waals surface area contributed by atoms with Crippen LogP contribution in [0, 0.1) is 5.92 Å². The van der Waals surface area contributed by atoms with Gasteiger partial charge in [0.25, 0.3) is 0 Å². The van der Waals surface area contributed by atoms with E-state index in [4.69, 9.17) is 14.2 Å². The Kier molecular flexibility index (Phi) is 16.4. The molecule has 8 nitrogen and oxygen atoms in total. The quantitative estimate of drug-likeness (QED) is 0.181. The van der Waals surface area contributed by atoms with E-state index >= 15 is 0 Å². The van der Waals surface area contributed by atoms with Crippen LogP contribution in [0.1, 0.15) is 53.9 Å². The first-order chi connectivity index (χ1) is 13.9. The smallest absolute Gasteiger partial charge is 0.410 e. The molecule has 0 atom stereocenters. The molecule has 2 N–H and O–H groups in total. The van der Waals surface area contributed by atoms with Crippen LogP contribution in [0.3, 0.4) is 0 Å². The highest BCUT2D eigenvalue weighted by Gasteiger charge is 2.20. The average Bonchev–Trinajstić information content (AvgIpc) is 2.67. The molecule has 178 valence electrons. The number of carbonyl (C=O) groups excluding carboxylic acids is 1. The van der Waals surface area contributed by atoms with Crippen molar-refractivity contribution in [1.29, 1.82) is 0 Å². The van der Waals surface area contributed by atoms with Gasteiger partial charge >= 0.3 is 6.09 Å². The van der Waals surface area contributed by atoms with E-state index in [0.29, 0.717) is 32.1 Å². The number of halogens is 1. The summed E-state index contributed by atoms with van der Waals surface area (Å²) in [6, 6.07) is 0. The standard InChI is InChI=1S/C21H42N4O4.HI/c1-6-22-19(23-11-8-14-28-17-18-9-15-27-16-10-18)24-12-13-25(7-2)20(26)29-21(3,4)5;/h18H,6-17H2,1-5H3,(H2,22,23,24);1H. The molecule has 0 aromatic rings. The molecule has 1 heterocycles. The molecule has 0 bridgehead atoms. The number of hydrogen-bond donors (Lipinski definition) is 2. The van der Waals surface area contributed by atoms with Gasteiger partial charge in [-0.05, 0) is 59.8 Å². The summed E-state index contributed by atoms with van der Waals surface area (Å²) >= 11 is 0. The third-order valence-corrected chi connectivity index (χ3v) is 4.46. The monoisotopic (exact) mass is 542 g/mol. The van der Waals surface area contributed by atoms with Crippen LogP contribution in [0.5, 0.6) is 0 Å². The number of guanidine groups is 1. The Hall–Kier alpha value is -0.810. The molecular formula is C21H43IN4O4. The van der Waals surface area contributed by atoms with Gasteiger partial charge < -0.3 is 29.7 Å².